The van der Waals surface area contributed by atoms with Crippen LogP contribution in [0.3, 0.4) is 0 Å². The number of hydrogen-bond donors (Lipinski definition) is 0. The second-order valence-corrected chi connectivity index (χ2v) is 6.53. The lowest BCUT2D eigenvalue weighted by molar-refractivity contribution is 0.0517. The average Bonchev–Trinajstić information content (AvgIpc) is 2.84. The van der Waals surface area contributed by atoms with E-state index in [4.69, 9.17) is 18.9 Å². The molecule has 3 aromatic carbocycles. The van der Waals surface area contributed by atoms with Gasteiger partial charge in [-0.15, -0.1) is 0 Å². The Labute approximate surface area is 189 Å². The first-order valence-electron chi connectivity index (χ1n) is 9.93. The van der Waals surface area contributed by atoms with Gasteiger partial charge in [0.15, 0.2) is 0 Å². The molecule has 168 valence electrons. The van der Waals surface area contributed by atoms with Gasteiger partial charge >= 0.3 is 23.9 Å². The molecule has 0 heterocycles. The summed E-state index contributed by atoms with van der Waals surface area (Å²) in [5, 5.41) is 0. The lowest BCUT2D eigenvalue weighted by Crippen LogP contribution is -2.19. The molecule has 0 fully saturated rings. The smallest absolute Gasteiger partial charge is 0.344 e. The predicted molar refractivity (Wildman–Crippen MR) is 117 cm³/mol. The van der Waals surface area contributed by atoms with Crippen LogP contribution in [0.25, 0.3) is 0 Å². The molecule has 0 amide bonds. The van der Waals surface area contributed by atoms with Crippen molar-refractivity contribution in [2.45, 2.75) is 6.92 Å². The summed E-state index contributed by atoms with van der Waals surface area (Å²) in [5.74, 6) is -3.11. The minimum atomic E-state index is -0.877. The molecular formula is C25H20O8. The molecule has 0 aliphatic carbocycles. The third kappa shape index (κ3) is 5.43. The molecule has 3 rings (SSSR count). The number of carbonyl (C=O) groups excluding carboxylic acids is 4. The minimum Gasteiger partial charge on any atom is -0.465 e. The third-order valence-electron chi connectivity index (χ3n) is 4.45. The molecule has 0 saturated heterocycles. The first-order chi connectivity index (χ1) is 16.0. The van der Waals surface area contributed by atoms with E-state index in [1.54, 1.807) is 43.3 Å². The van der Waals surface area contributed by atoms with Crippen LogP contribution in [0.1, 0.15) is 48.4 Å². The Morgan fingerprint density at radius 2 is 0.970 bits per heavy atom. The van der Waals surface area contributed by atoms with Crippen molar-refractivity contribution in [1.82, 2.24) is 0 Å². The van der Waals surface area contributed by atoms with Crippen LogP contribution in [0.15, 0.2) is 72.8 Å². The van der Waals surface area contributed by atoms with Crippen LogP contribution >= 0.6 is 0 Å². The minimum absolute atomic E-state index is 0.0137. The summed E-state index contributed by atoms with van der Waals surface area (Å²) < 4.78 is 20.4. The third-order valence-corrected chi connectivity index (χ3v) is 4.45. The van der Waals surface area contributed by atoms with Crippen LogP contribution < -0.4 is 9.47 Å². The van der Waals surface area contributed by atoms with Crippen LogP contribution in [0.4, 0.5) is 0 Å². The van der Waals surface area contributed by atoms with Gasteiger partial charge in [0.05, 0.1) is 24.8 Å². The summed E-state index contributed by atoms with van der Waals surface area (Å²) in [6.07, 6.45) is 0. The average molecular weight is 448 g/mol. The molecule has 0 spiro atoms. The zero-order chi connectivity index (χ0) is 23.8. The van der Waals surface area contributed by atoms with Crippen LogP contribution in [0, 0.1) is 0 Å². The van der Waals surface area contributed by atoms with Gasteiger partial charge in [0.25, 0.3) is 0 Å². The van der Waals surface area contributed by atoms with Gasteiger partial charge in [0, 0.05) is 0 Å². The summed E-state index contributed by atoms with van der Waals surface area (Å²) in [4.78, 5) is 49.8. The highest BCUT2D eigenvalue weighted by Gasteiger charge is 2.24. The molecule has 0 atom stereocenters. The highest BCUT2D eigenvalue weighted by Crippen LogP contribution is 2.24. The van der Waals surface area contributed by atoms with Gasteiger partial charge in [-0.2, -0.15) is 0 Å². The maximum atomic E-state index is 12.9. The van der Waals surface area contributed by atoms with Gasteiger partial charge in [0.1, 0.15) is 22.6 Å². The standard InChI is InChI=1S/C25H20O8/c1-3-31-23(27)19-13-7-9-15-21(19)33-25(29)17-11-5-4-10-16(17)24(28)32-20-14-8-6-12-18(20)22(26)30-2/h4-15H,3H2,1-2H3. The van der Waals surface area contributed by atoms with E-state index in [1.165, 1.54) is 43.5 Å². The molecule has 0 unspecified atom stereocenters. The molecule has 0 radical (unpaired) electrons. The fourth-order valence-electron chi connectivity index (χ4n) is 2.92. The largest absolute Gasteiger partial charge is 0.465 e. The van der Waals surface area contributed by atoms with Crippen molar-refractivity contribution < 1.29 is 38.1 Å². The van der Waals surface area contributed by atoms with Gasteiger partial charge in [0.2, 0.25) is 0 Å². The van der Waals surface area contributed by atoms with E-state index < -0.39 is 23.9 Å². The number of esters is 4. The maximum absolute atomic E-state index is 12.9. The lowest BCUT2D eigenvalue weighted by atomic mass is 10.1. The molecule has 8 heteroatoms. The van der Waals surface area contributed by atoms with Crippen molar-refractivity contribution in [2.24, 2.45) is 0 Å². The highest BCUT2D eigenvalue weighted by molar-refractivity contribution is 6.05. The normalized spacial score (nSPS) is 10.1. The summed E-state index contributed by atoms with van der Waals surface area (Å²) in [7, 11) is 1.21. The van der Waals surface area contributed by atoms with Gasteiger partial charge < -0.3 is 18.9 Å². The van der Waals surface area contributed by atoms with Crippen molar-refractivity contribution in [2.75, 3.05) is 13.7 Å². The number of ether oxygens (including phenoxy) is 4. The number of rotatable bonds is 7. The Balaban J connectivity index is 1.88. The van der Waals surface area contributed by atoms with Crippen molar-refractivity contribution in [1.29, 1.82) is 0 Å². The number of para-hydroxylation sites is 2. The molecule has 0 aromatic heterocycles. The Hall–Kier alpha value is -4.46. The predicted octanol–water partition coefficient (Wildman–Crippen LogP) is 4.09. The van der Waals surface area contributed by atoms with Crippen LogP contribution in [0.2, 0.25) is 0 Å². The number of hydrogen-bond acceptors (Lipinski definition) is 8. The van der Waals surface area contributed by atoms with Crippen molar-refractivity contribution in [3.63, 3.8) is 0 Å². The molecule has 0 aliphatic heterocycles. The molecule has 0 saturated carbocycles. The first kappa shape index (κ1) is 23.2. The lowest BCUT2D eigenvalue weighted by Gasteiger charge is -2.12. The Morgan fingerprint density at radius 1 is 0.576 bits per heavy atom. The van der Waals surface area contributed by atoms with E-state index >= 15 is 0 Å². The molecule has 8 nitrogen and oxygen atoms in total. The quantitative estimate of drug-likeness (QED) is 0.393. The van der Waals surface area contributed by atoms with Crippen LogP contribution in [-0.2, 0) is 9.47 Å². The van der Waals surface area contributed by atoms with E-state index in [2.05, 4.69) is 0 Å². The van der Waals surface area contributed by atoms with Gasteiger partial charge in [-0.25, -0.2) is 19.2 Å². The molecule has 33 heavy (non-hydrogen) atoms. The molecule has 0 bridgehead atoms. The second-order valence-electron chi connectivity index (χ2n) is 6.53. The summed E-state index contributed by atoms with van der Waals surface area (Å²) in [6, 6.07) is 18.0. The Kier molecular flexibility index (Phi) is 7.54. The highest BCUT2D eigenvalue weighted by atomic mass is 16.6. The fraction of sp³-hybridized carbons (Fsp3) is 0.120. The zero-order valence-corrected chi connectivity index (χ0v) is 17.9. The van der Waals surface area contributed by atoms with E-state index in [9.17, 15) is 19.2 Å². The topological polar surface area (TPSA) is 105 Å². The molecular weight excluding hydrogens is 428 g/mol. The molecule has 0 N–H and O–H groups in total. The first-order valence-corrected chi connectivity index (χ1v) is 9.93. The zero-order valence-electron chi connectivity index (χ0n) is 17.9. The monoisotopic (exact) mass is 448 g/mol. The van der Waals surface area contributed by atoms with Crippen molar-refractivity contribution in [3.8, 4) is 11.5 Å². The molecule has 3 aromatic rings. The number of carbonyl (C=O) groups is 4. The summed E-state index contributed by atoms with van der Waals surface area (Å²) >= 11 is 0. The SMILES string of the molecule is CCOC(=O)c1ccccc1OC(=O)c1ccccc1C(=O)Oc1ccccc1C(=O)OC. The summed E-state index contributed by atoms with van der Waals surface area (Å²) in [5.41, 5.74) is -0.0518. The van der Waals surface area contributed by atoms with E-state index in [0.29, 0.717) is 0 Å². The fourth-order valence-corrected chi connectivity index (χ4v) is 2.92. The van der Waals surface area contributed by atoms with E-state index in [0.717, 1.165) is 0 Å². The second kappa shape index (κ2) is 10.7. The van der Waals surface area contributed by atoms with Gasteiger partial charge in [-0.3, -0.25) is 0 Å². The number of benzene rings is 3. The van der Waals surface area contributed by atoms with Crippen molar-refractivity contribution >= 4 is 23.9 Å². The molecule has 0 aliphatic rings. The van der Waals surface area contributed by atoms with Crippen LogP contribution in [-0.4, -0.2) is 37.6 Å². The number of methoxy groups -OCH3 is 1. The van der Waals surface area contributed by atoms with E-state index in [-0.39, 0.29) is 40.4 Å². The summed E-state index contributed by atoms with van der Waals surface area (Å²) in [6.45, 7) is 1.82. The Bertz CT molecular complexity index is 1200. The van der Waals surface area contributed by atoms with Gasteiger partial charge in [-0.1, -0.05) is 36.4 Å². The van der Waals surface area contributed by atoms with Crippen molar-refractivity contribution in [3.05, 3.63) is 95.1 Å². The Morgan fingerprint density at radius 3 is 1.39 bits per heavy atom. The van der Waals surface area contributed by atoms with Crippen LogP contribution in [0.5, 0.6) is 11.5 Å². The maximum Gasteiger partial charge on any atom is 0.344 e. The van der Waals surface area contributed by atoms with Gasteiger partial charge in [-0.05, 0) is 43.3 Å². The van der Waals surface area contributed by atoms with E-state index in [1.807, 2.05) is 0 Å².